The van der Waals surface area contributed by atoms with Crippen LogP contribution >= 0.6 is 0 Å². The molecule has 1 aromatic heterocycles. The number of rotatable bonds is 5. The van der Waals surface area contributed by atoms with Crippen LogP contribution in [0.5, 0.6) is 0 Å². The summed E-state index contributed by atoms with van der Waals surface area (Å²) < 4.78 is 5.42. The molecule has 2 heterocycles. The normalized spacial score (nSPS) is 23.6. The van der Waals surface area contributed by atoms with Crippen LogP contribution in [0.1, 0.15) is 68.1 Å². The van der Waals surface area contributed by atoms with Gasteiger partial charge in [0, 0.05) is 23.8 Å². The average Bonchev–Trinajstić information content (AvgIpc) is 2.86. The monoisotopic (exact) mass is 353 g/mol. The Morgan fingerprint density at radius 1 is 1.35 bits per heavy atom. The van der Waals surface area contributed by atoms with E-state index >= 15 is 0 Å². The largest absolute Gasteiger partial charge is 0.511 e. The third kappa shape index (κ3) is 2.87. The summed E-state index contributed by atoms with van der Waals surface area (Å²) in [5.41, 5.74) is 0.995. The molecule has 0 radical (unpaired) electrons. The molecular formula is C21H23NO4. The molecule has 0 spiro atoms. The number of carbonyl (C=O) groups excluding carboxylic acids is 2. The van der Waals surface area contributed by atoms with Gasteiger partial charge in [0.05, 0.1) is 5.69 Å². The van der Waals surface area contributed by atoms with Gasteiger partial charge in [-0.05, 0) is 44.1 Å². The molecule has 1 aliphatic carbocycles. The molecule has 2 aliphatic rings. The first-order valence-corrected chi connectivity index (χ1v) is 8.98. The lowest BCUT2D eigenvalue weighted by atomic mass is 9.78. The van der Waals surface area contributed by atoms with Gasteiger partial charge in [0.1, 0.15) is 11.3 Å². The van der Waals surface area contributed by atoms with Crippen LogP contribution in [0.4, 0.5) is 0 Å². The smallest absolute Gasteiger partial charge is 0.343 e. The second-order valence-electron chi connectivity index (χ2n) is 6.79. The highest BCUT2D eigenvalue weighted by Gasteiger charge is 2.54. The molecule has 1 aromatic rings. The summed E-state index contributed by atoms with van der Waals surface area (Å²) in [5.74, 6) is -0.956. The van der Waals surface area contributed by atoms with Crippen molar-refractivity contribution in [2.24, 2.45) is 0 Å². The minimum atomic E-state index is -1.40. The lowest BCUT2D eigenvalue weighted by Crippen LogP contribution is -2.39. The molecule has 0 amide bonds. The number of ether oxygens (including phenoxy) is 1. The minimum Gasteiger partial charge on any atom is -0.511 e. The first kappa shape index (κ1) is 18.1. The lowest BCUT2D eigenvalue weighted by Gasteiger charge is -2.27. The number of allylic oxidation sites excluding steroid dienone is 2. The highest BCUT2D eigenvalue weighted by atomic mass is 16.6. The molecule has 1 saturated heterocycles. The van der Waals surface area contributed by atoms with E-state index in [-0.39, 0.29) is 17.1 Å². The van der Waals surface area contributed by atoms with Crippen LogP contribution < -0.4 is 0 Å². The number of esters is 1. The summed E-state index contributed by atoms with van der Waals surface area (Å²) in [6, 6.07) is 1.80. The number of ketones is 1. The molecule has 0 bridgehead atoms. The van der Waals surface area contributed by atoms with Crippen molar-refractivity contribution in [3.05, 3.63) is 52.1 Å². The summed E-state index contributed by atoms with van der Waals surface area (Å²) in [6.07, 6.45) is 10.1. The summed E-state index contributed by atoms with van der Waals surface area (Å²) in [4.78, 5) is 29.7. The molecule has 5 heteroatoms. The van der Waals surface area contributed by atoms with Gasteiger partial charge in [0.2, 0.25) is 5.78 Å². The van der Waals surface area contributed by atoms with Crippen molar-refractivity contribution < 1.29 is 19.4 Å². The maximum atomic E-state index is 13.0. The van der Waals surface area contributed by atoms with Crippen LogP contribution in [0, 0.1) is 0 Å². The number of aliphatic hydroxyl groups is 1. The van der Waals surface area contributed by atoms with Crippen molar-refractivity contribution in [3.63, 3.8) is 0 Å². The Bertz CT molecular complexity index is 863. The van der Waals surface area contributed by atoms with Gasteiger partial charge in [0.25, 0.3) is 0 Å². The van der Waals surface area contributed by atoms with Crippen LogP contribution in [0.25, 0.3) is 12.2 Å². The van der Waals surface area contributed by atoms with E-state index < -0.39 is 11.6 Å². The van der Waals surface area contributed by atoms with E-state index in [1.54, 1.807) is 19.1 Å². The third-order valence-electron chi connectivity index (χ3n) is 4.86. The van der Waals surface area contributed by atoms with Gasteiger partial charge in [0.15, 0.2) is 5.60 Å². The van der Waals surface area contributed by atoms with E-state index in [0.29, 0.717) is 23.1 Å². The molecule has 136 valence electrons. The number of aliphatic hydroxyl groups excluding tert-OH is 1. The number of hydrogen-bond acceptors (Lipinski definition) is 5. The Morgan fingerprint density at radius 2 is 2.12 bits per heavy atom. The predicted molar refractivity (Wildman–Crippen MR) is 99.5 cm³/mol. The number of nitrogens with zero attached hydrogens (tertiary/aromatic N) is 1. The van der Waals surface area contributed by atoms with E-state index in [1.807, 2.05) is 19.1 Å². The second-order valence-corrected chi connectivity index (χ2v) is 6.79. The number of fused-ring (bicyclic) bond motifs is 2. The number of aromatic nitrogens is 1. The van der Waals surface area contributed by atoms with Crippen LogP contribution in [-0.4, -0.2) is 27.4 Å². The fourth-order valence-corrected chi connectivity index (χ4v) is 3.43. The van der Waals surface area contributed by atoms with Crippen molar-refractivity contribution in [2.75, 3.05) is 0 Å². The first-order chi connectivity index (χ1) is 12.4. The van der Waals surface area contributed by atoms with E-state index in [1.165, 1.54) is 6.20 Å². The Morgan fingerprint density at radius 3 is 2.81 bits per heavy atom. The Labute approximate surface area is 153 Å². The summed E-state index contributed by atoms with van der Waals surface area (Å²) >= 11 is 0. The number of carbonyl (C=O) groups is 2. The zero-order valence-corrected chi connectivity index (χ0v) is 15.3. The highest BCUT2D eigenvalue weighted by molar-refractivity contribution is 6.17. The number of hydrogen-bond donors (Lipinski definition) is 1. The number of unbranched alkanes of at least 4 members (excludes halogenated alkanes) is 2. The third-order valence-corrected chi connectivity index (χ3v) is 4.86. The van der Waals surface area contributed by atoms with Crippen LogP contribution in [0.15, 0.2) is 35.2 Å². The van der Waals surface area contributed by atoms with Gasteiger partial charge >= 0.3 is 5.97 Å². The maximum Gasteiger partial charge on any atom is 0.343 e. The van der Waals surface area contributed by atoms with Crippen molar-refractivity contribution >= 4 is 23.9 Å². The standard InChI is InChI=1S/C21H23NO4/c1-4-6-7-9-17(23)18-16-11-13-10-14(8-5-2)22-12-15(13)19(24)21(16,3)26-20(18)25/h5,8,10-12,23H,4,6-7,9H2,1-3H3/b8-5+,18-17?/t21-/m0/s1. The molecule has 1 atom stereocenters. The predicted octanol–water partition coefficient (Wildman–Crippen LogP) is 4.40. The van der Waals surface area contributed by atoms with Crippen molar-refractivity contribution in [1.29, 1.82) is 0 Å². The molecule has 3 rings (SSSR count). The fourth-order valence-electron chi connectivity index (χ4n) is 3.43. The van der Waals surface area contributed by atoms with Gasteiger partial charge in [-0.1, -0.05) is 25.8 Å². The Hall–Kier alpha value is -2.69. The summed E-state index contributed by atoms with van der Waals surface area (Å²) in [6.45, 7) is 5.54. The van der Waals surface area contributed by atoms with Crippen LogP contribution in [0.2, 0.25) is 0 Å². The van der Waals surface area contributed by atoms with E-state index in [0.717, 1.165) is 25.0 Å². The van der Waals surface area contributed by atoms with E-state index in [2.05, 4.69) is 11.9 Å². The molecular weight excluding hydrogens is 330 g/mol. The van der Waals surface area contributed by atoms with Crippen molar-refractivity contribution in [2.45, 2.75) is 52.1 Å². The van der Waals surface area contributed by atoms with Gasteiger partial charge in [-0.25, -0.2) is 4.79 Å². The fraction of sp³-hybridized carbons (Fsp3) is 0.381. The highest BCUT2D eigenvalue weighted by Crippen LogP contribution is 2.45. The molecule has 0 aromatic carbocycles. The molecule has 1 aliphatic heterocycles. The summed E-state index contributed by atoms with van der Waals surface area (Å²) in [5, 5.41) is 10.5. The van der Waals surface area contributed by atoms with Crippen LogP contribution in [-0.2, 0) is 9.53 Å². The van der Waals surface area contributed by atoms with Crippen LogP contribution in [0.3, 0.4) is 0 Å². The van der Waals surface area contributed by atoms with Gasteiger partial charge < -0.3 is 9.84 Å². The molecule has 1 fully saturated rings. The van der Waals surface area contributed by atoms with E-state index in [4.69, 9.17) is 4.74 Å². The zero-order chi connectivity index (χ0) is 18.9. The van der Waals surface area contributed by atoms with Crippen molar-refractivity contribution in [1.82, 2.24) is 4.98 Å². The lowest BCUT2D eigenvalue weighted by molar-refractivity contribution is -0.141. The second kappa shape index (κ2) is 6.90. The molecule has 5 nitrogen and oxygen atoms in total. The van der Waals surface area contributed by atoms with Crippen molar-refractivity contribution in [3.8, 4) is 0 Å². The van der Waals surface area contributed by atoms with E-state index in [9.17, 15) is 14.7 Å². The maximum absolute atomic E-state index is 13.0. The quantitative estimate of drug-likeness (QED) is 0.367. The Kier molecular flexibility index (Phi) is 4.81. The Balaban J connectivity index is 2.11. The summed E-state index contributed by atoms with van der Waals surface area (Å²) in [7, 11) is 0. The number of pyridine rings is 1. The van der Waals surface area contributed by atoms with Gasteiger partial charge in [-0.15, -0.1) is 0 Å². The molecule has 0 unspecified atom stereocenters. The number of Topliss-reactive ketones (excluding diaryl/α,β-unsaturated/α-hetero) is 1. The average molecular weight is 353 g/mol. The first-order valence-electron chi connectivity index (χ1n) is 8.98. The SMILES string of the molecule is C/C=C/c1cc2c(cn1)C(=O)[C@@]1(C)OC(=O)C(=C(O)CCCCC)C1=C2. The minimum absolute atomic E-state index is 0.00240. The molecule has 1 N–H and O–H groups in total. The molecule has 0 saturated carbocycles. The van der Waals surface area contributed by atoms with Gasteiger partial charge in [-0.3, -0.25) is 9.78 Å². The topological polar surface area (TPSA) is 76.5 Å². The molecule has 26 heavy (non-hydrogen) atoms. The zero-order valence-electron chi connectivity index (χ0n) is 15.3. The van der Waals surface area contributed by atoms with Gasteiger partial charge in [-0.2, -0.15) is 0 Å².